The number of hydrogen-bond acceptors (Lipinski definition) is 6. The Balaban J connectivity index is 1.84. The highest BCUT2D eigenvalue weighted by molar-refractivity contribution is 9.10. The van der Waals surface area contributed by atoms with Crippen LogP contribution in [0.3, 0.4) is 0 Å². The number of nitrogens with zero attached hydrogens (tertiary/aromatic N) is 2. The van der Waals surface area contributed by atoms with Crippen LogP contribution in [0.5, 0.6) is 0 Å². The van der Waals surface area contributed by atoms with E-state index in [4.69, 9.17) is 4.74 Å². The number of piperazine rings is 1. The lowest BCUT2D eigenvalue weighted by molar-refractivity contribution is 0.0527. The minimum absolute atomic E-state index is 0.343. The molecular weight excluding hydrogens is 384 g/mol. The van der Waals surface area contributed by atoms with E-state index in [1.807, 2.05) is 18.2 Å². The second kappa shape index (κ2) is 8.60. The molecule has 0 saturated carbocycles. The first-order chi connectivity index (χ1) is 12.2. The largest absolute Gasteiger partial charge is 0.462 e. The molecule has 1 saturated heterocycles. The Labute approximate surface area is 156 Å². The van der Waals surface area contributed by atoms with E-state index in [0.717, 1.165) is 60.3 Å². The van der Waals surface area contributed by atoms with Crippen LogP contribution in [0.25, 0.3) is 10.9 Å². The molecule has 3 rings (SSSR count). The molecule has 1 aromatic heterocycles. The van der Waals surface area contributed by atoms with Crippen LogP contribution in [0.4, 0.5) is 5.69 Å². The van der Waals surface area contributed by atoms with Crippen LogP contribution in [0, 0.1) is 0 Å². The highest BCUT2D eigenvalue weighted by Gasteiger charge is 2.17. The third-order valence-corrected chi connectivity index (χ3v) is 4.76. The Kier molecular flexibility index (Phi) is 6.23. The Hall–Kier alpha value is -1.70. The fraction of sp³-hybridized carbons (Fsp3) is 0.444. The van der Waals surface area contributed by atoms with E-state index in [2.05, 4.69) is 36.4 Å². The van der Waals surface area contributed by atoms with E-state index >= 15 is 0 Å². The molecule has 0 bridgehead atoms. The van der Waals surface area contributed by atoms with Crippen LogP contribution in [-0.2, 0) is 4.74 Å². The summed E-state index contributed by atoms with van der Waals surface area (Å²) in [5, 5.41) is 7.72. The van der Waals surface area contributed by atoms with Gasteiger partial charge in [0.05, 0.1) is 17.8 Å². The number of fused-ring (bicyclic) bond motifs is 1. The minimum Gasteiger partial charge on any atom is -0.462 e. The number of esters is 1. The summed E-state index contributed by atoms with van der Waals surface area (Å²) in [6, 6.07) is 5.87. The fourth-order valence-electron chi connectivity index (χ4n) is 2.99. The van der Waals surface area contributed by atoms with Crippen molar-refractivity contribution in [3.8, 4) is 0 Å². The van der Waals surface area contributed by atoms with Crippen molar-refractivity contribution in [2.75, 3.05) is 51.2 Å². The number of anilines is 1. The lowest BCUT2D eigenvalue weighted by Gasteiger charge is -2.27. The number of pyridine rings is 1. The zero-order chi connectivity index (χ0) is 17.6. The van der Waals surface area contributed by atoms with Crippen molar-refractivity contribution in [3.05, 3.63) is 34.4 Å². The number of aromatic nitrogens is 1. The molecule has 2 heterocycles. The maximum atomic E-state index is 12.3. The summed E-state index contributed by atoms with van der Waals surface area (Å²) in [6.07, 6.45) is 1.60. The highest BCUT2D eigenvalue weighted by Crippen LogP contribution is 2.29. The Morgan fingerprint density at radius 1 is 1.40 bits per heavy atom. The molecule has 2 aromatic rings. The maximum Gasteiger partial charge on any atom is 0.341 e. The zero-order valence-corrected chi connectivity index (χ0v) is 15.9. The van der Waals surface area contributed by atoms with Gasteiger partial charge in [0.25, 0.3) is 0 Å². The molecule has 0 aliphatic carbocycles. The summed E-state index contributed by atoms with van der Waals surface area (Å²) in [5.74, 6) is -0.346. The molecular formula is C18H23BrN4O2. The Morgan fingerprint density at radius 3 is 2.96 bits per heavy atom. The lowest BCUT2D eigenvalue weighted by Crippen LogP contribution is -2.45. The average molecular weight is 407 g/mol. The number of hydrogen-bond donors (Lipinski definition) is 2. The molecule has 25 heavy (non-hydrogen) atoms. The molecule has 0 spiro atoms. The normalized spacial score (nSPS) is 15.3. The van der Waals surface area contributed by atoms with Crippen LogP contribution < -0.4 is 10.6 Å². The van der Waals surface area contributed by atoms with Gasteiger partial charge in [0.1, 0.15) is 5.56 Å². The quantitative estimate of drug-likeness (QED) is 0.718. The van der Waals surface area contributed by atoms with Gasteiger partial charge in [0.15, 0.2) is 0 Å². The van der Waals surface area contributed by atoms with Gasteiger partial charge in [-0.2, -0.15) is 0 Å². The van der Waals surface area contributed by atoms with Gasteiger partial charge in [-0.1, -0.05) is 15.9 Å². The summed E-state index contributed by atoms with van der Waals surface area (Å²) < 4.78 is 6.15. The molecule has 0 radical (unpaired) electrons. The Bertz CT molecular complexity index is 747. The topological polar surface area (TPSA) is 66.5 Å². The number of carbonyl (C=O) groups excluding carboxylic acids is 1. The van der Waals surface area contributed by atoms with Crippen LogP contribution >= 0.6 is 15.9 Å². The van der Waals surface area contributed by atoms with Crippen molar-refractivity contribution in [1.82, 2.24) is 15.2 Å². The summed E-state index contributed by atoms with van der Waals surface area (Å²) in [4.78, 5) is 19.1. The molecule has 0 amide bonds. The van der Waals surface area contributed by atoms with Gasteiger partial charge in [-0.15, -0.1) is 0 Å². The number of halogens is 1. The van der Waals surface area contributed by atoms with E-state index < -0.39 is 0 Å². The summed E-state index contributed by atoms with van der Waals surface area (Å²) in [5.41, 5.74) is 2.12. The minimum atomic E-state index is -0.346. The van der Waals surface area contributed by atoms with E-state index in [9.17, 15) is 4.79 Å². The van der Waals surface area contributed by atoms with Crippen LogP contribution in [-0.4, -0.2) is 61.7 Å². The molecule has 1 fully saturated rings. The first-order valence-electron chi connectivity index (χ1n) is 8.61. The maximum absolute atomic E-state index is 12.3. The average Bonchev–Trinajstić information content (AvgIpc) is 2.63. The number of ether oxygens (including phenoxy) is 1. The SMILES string of the molecule is CCOC(=O)c1cnc2ccc(Br)cc2c1NCCN1CCNCC1. The fourth-order valence-corrected chi connectivity index (χ4v) is 3.35. The smallest absolute Gasteiger partial charge is 0.341 e. The van der Waals surface area contributed by atoms with Gasteiger partial charge >= 0.3 is 5.97 Å². The summed E-state index contributed by atoms with van der Waals surface area (Å²) >= 11 is 3.50. The van der Waals surface area contributed by atoms with Gasteiger partial charge in [-0.25, -0.2) is 4.79 Å². The Morgan fingerprint density at radius 2 is 2.20 bits per heavy atom. The van der Waals surface area contributed by atoms with Gasteiger partial charge in [-0.05, 0) is 25.1 Å². The first kappa shape index (κ1) is 18.1. The zero-order valence-electron chi connectivity index (χ0n) is 14.3. The van der Waals surface area contributed by atoms with Crippen molar-refractivity contribution >= 4 is 38.5 Å². The third-order valence-electron chi connectivity index (χ3n) is 4.26. The molecule has 0 unspecified atom stereocenters. The molecule has 1 aliphatic rings. The van der Waals surface area contributed by atoms with Crippen molar-refractivity contribution in [2.45, 2.75) is 6.92 Å². The van der Waals surface area contributed by atoms with Crippen molar-refractivity contribution in [3.63, 3.8) is 0 Å². The molecule has 7 heteroatoms. The van der Waals surface area contributed by atoms with E-state index in [-0.39, 0.29) is 5.97 Å². The van der Waals surface area contributed by atoms with Gasteiger partial charge in [0.2, 0.25) is 0 Å². The van der Waals surface area contributed by atoms with E-state index in [0.29, 0.717) is 12.2 Å². The number of nitrogens with one attached hydrogen (secondary N) is 2. The second-order valence-electron chi connectivity index (χ2n) is 5.95. The standard InChI is InChI=1S/C18H23BrN4O2/c1-2-25-18(24)15-12-22-16-4-3-13(19)11-14(16)17(15)21-7-10-23-8-5-20-6-9-23/h3-4,11-12,20H,2,5-10H2,1H3,(H,21,22). The van der Waals surface area contributed by atoms with E-state index in [1.165, 1.54) is 0 Å². The van der Waals surface area contributed by atoms with E-state index in [1.54, 1.807) is 13.1 Å². The molecule has 0 atom stereocenters. The molecule has 2 N–H and O–H groups in total. The van der Waals surface area contributed by atoms with Gasteiger partial charge < -0.3 is 15.4 Å². The molecule has 134 valence electrons. The summed E-state index contributed by atoms with van der Waals surface area (Å²) in [7, 11) is 0. The molecule has 1 aromatic carbocycles. The molecule has 1 aliphatic heterocycles. The van der Waals surface area contributed by atoms with Crippen molar-refractivity contribution in [1.29, 1.82) is 0 Å². The summed E-state index contributed by atoms with van der Waals surface area (Å²) in [6.45, 7) is 8.00. The van der Waals surface area contributed by atoms with Crippen LogP contribution in [0.2, 0.25) is 0 Å². The van der Waals surface area contributed by atoms with Crippen LogP contribution in [0.15, 0.2) is 28.9 Å². The highest BCUT2D eigenvalue weighted by atomic mass is 79.9. The second-order valence-corrected chi connectivity index (χ2v) is 6.86. The van der Waals surface area contributed by atoms with Gasteiger partial charge in [0, 0.05) is 55.3 Å². The molecule has 6 nitrogen and oxygen atoms in total. The monoisotopic (exact) mass is 406 g/mol. The first-order valence-corrected chi connectivity index (χ1v) is 9.40. The van der Waals surface area contributed by atoms with Gasteiger partial charge in [-0.3, -0.25) is 9.88 Å². The van der Waals surface area contributed by atoms with Crippen LogP contribution in [0.1, 0.15) is 17.3 Å². The predicted octanol–water partition coefficient (Wildman–Crippen LogP) is 2.49. The predicted molar refractivity (Wildman–Crippen MR) is 103 cm³/mol. The number of benzene rings is 1. The number of rotatable bonds is 6. The third kappa shape index (κ3) is 4.48. The van der Waals surface area contributed by atoms with Crippen molar-refractivity contribution in [2.24, 2.45) is 0 Å². The lowest BCUT2D eigenvalue weighted by atomic mass is 10.1. The number of carbonyl (C=O) groups is 1. The van der Waals surface area contributed by atoms with Crippen molar-refractivity contribution < 1.29 is 9.53 Å².